The van der Waals surface area contributed by atoms with Gasteiger partial charge in [-0.3, -0.25) is 9.67 Å². The third-order valence-electron chi connectivity index (χ3n) is 3.92. The van der Waals surface area contributed by atoms with E-state index >= 15 is 0 Å². The Morgan fingerprint density at radius 3 is 3.16 bits per heavy atom. The zero-order valence-corrected chi connectivity index (χ0v) is 11.4. The molecule has 0 aliphatic heterocycles. The molecule has 2 atom stereocenters. The largest absolute Gasteiger partial charge is 0.386 e. The Balaban J connectivity index is 1.95. The van der Waals surface area contributed by atoms with Gasteiger partial charge in [-0.1, -0.05) is 6.07 Å². The van der Waals surface area contributed by atoms with Crippen molar-refractivity contribution in [2.45, 2.75) is 45.3 Å². The second kappa shape index (κ2) is 4.78. The molecule has 0 spiro atoms. The van der Waals surface area contributed by atoms with Crippen LogP contribution in [0.2, 0.25) is 0 Å². The van der Waals surface area contributed by atoms with Gasteiger partial charge in [0.05, 0.1) is 11.4 Å². The van der Waals surface area contributed by atoms with Crippen molar-refractivity contribution in [1.29, 1.82) is 0 Å². The zero-order chi connectivity index (χ0) is 13.4. The van der Waals surface area contributed by atoms with Crippen LogP contribution in [0.5, 0.6) is 0 Å². The summed E-state index contributed by atoms with van der Waals surface area (Å²) >= 11 is 0. The molecule has 2 aromatic heterocycles. The normalized spacial score (nSPS) is 19.4. The average molecular weight is 257 g/mol. The highest BCUT2D eigenvalue weighted by Crippen LogP contribution is 2.40. The van der Waals surface area contributed by atoms with Crippen LogP contribution in [0.25, 0.3) is 0 Å². The van der Waals surface area contributed by atoms with Gasteiger partial charge < -0.3 is 5.11 Å². The third kappa shape index (κ3) is 2.06. The summed E-state index contributed by atoms with van der Waals surface area (Å²) in [5.41, 5.74) is 4.18. The van der Waals surface area contributed by atoms with Gasteiger partial charge >= 0.3 is 0 Å². The SMILES string of the molecule is CCn1nc(C)cc1C(O)C1CCc2cccnc21. The summed E-state index contributed by atoms with van der Waals surface area (Å²) < 4.78 is 1.89. The van der Waals surface area contributed by atoms with E-state index in [-0.39, 0.29) is 5.92 Å². The van der Waals surface area contributed by atoms with E-state index < -0.39 is 6.10 Å². The number of aryl methyl sites for hydroxylation is 3. The van der Waals surface area contributed by atoms with Gasteiger partial charge in [0.1, 0.15) is 6.10 Å². The van der Waals surface area contributed by atoms with Gasteiger partial charge in [-0.25, -0.2) is 0 Å². The predicted octanol–water partition coefficient (Wildman–Crippen LogP) is 2.37. The number of aliphatic hydroxyl groups is 1. The molecule has 3 rings (SSSR count). The quantitative estimate of drug-likeness (QED) is 0.918. The van der Waals surface area contributed by atoms with Crippen LogP contribution in [-0.4, -0.2) is 19.9 Å². The second-order valence-electron chi connectivity index (χ2n) is 5.16. The molecule has 1 N–H and O–H groups in total. The third-order valence-corrected chi connectivity index (χ3v) is 3.92. The molecule has 4 heteroatoms. The molecule has 2 unspecified atom stereocenters. The first-order chi connectivity index (χ1) is 9.20. The molecule has 0 bridgehead atoms. The van der Waals surface area contributed by atoms with E-state index in [1.807, 2.05) is 36.9 Å². The molecule has 2 heterocycles. The highest BCUT2D eigenvalue weighted by atomic mass is 16.3. The van der Waals surface area contributed by atoms with Crippen molar-refractivity contribution in [3.05, 3.63) is 47.0 Å². The van der Waals surface area contributed by atoms with Crippen LogP contribution >= 0.6 is 0 Å². The van der Waals surface area contributed by atoms with Gasteiger partial charge in [0, 0.05) is 24.4 Å². The zero-order valence-electron chi connectivity index (χ0n) is 11.4. The number of hydrogen-bond donors (Lipinski definition) is 1. The number of rotatable bonds is 3. The van der Waals surface area contributed by atoms with Gasteiger partial charge in [0.2, 0.25) is 0 Å². The van der Waals surface area contributed by atoms with Crippen LogP contribution < -0.4 is 0 Å². The van der Waals surface area contributed by atoms with E-state index in [1.165, 1.54) is 5.56 Å². The Morgan fingerprint density at radius 2 is 2.37 bits per heavy atom. The summed E-state index contributed by atoms with van der Waals surface area (Å²) in [4.78, 5) is 4.46. The summed E-state index contributed by atoms with van der Waals surface area (Å²) in [5, 5.41) is 15.1. The van der Waals surface area contributed by atoms with Crippen molar-refractivity contribution < 1.29 is 5.11 Å². The molecule has 0 aromatic carbocycles. The topological polar surface area (TPSA) is 50.9 Å². The van der Waals surface area contributed by atoms with Gasteiger partial charge in [-0.05, 0) is 44.4 Å². The smallest absolute Gasteiger partial charge is 0.104 e. The molecule has 0 saturated carbocycles. The molecule has 4 nitrogen and oxygen atoms in total. The van der Waals surface area contributed by atoms with Crippen LogP contribution in [0.3, 0.4) is 0 Å². The van der Waals surface area contributed by atoms with E-state index in [0.29, 0.717) is 0 Å². The minimum Gasteiger partial charge on any atom is -0.386 e. The standard InChI is InChI=1S/C15H19N3O/c1-3-18-13(9-10(2)17-18)15(19)12-7-6-11-5-4-8-16-14(11)12/h4-5,8-9,12,15,19H,3,6-7H2,1-2H3. The summed E-state index contributed by atoms with van der Waals surface area (Å²) in [7, 11) is 0. The number of pyridine rings is 1. The maximum atomic E-state index is 10.7. The van der Waals surface area contributed by atoms with E-state index in [9.17, 15) is 5.11 Å². The monoisotopic (exact) mass is 257 g/mol. The van der Waals surface area contributed by atoms with Crippen LogP contribution in [0.4, 0.5) is 0 Å². The molecule has 100 valence electrons. The summed E-state index contributed by atoms with van der Waals surface area (Å²) in [6.45, 7) is 4.79. The number of fused-ring (bicyclic) bond motifs is 1. The lowest BCUT2D eigenvalue weighted by Crippen LogP contribution is -2.14. The van der Waals surface area contributed by atoms with Crippen molar-refractivity contribution in [1.82, 2.24) is 14.8 Å². The average Bonchev–Trinajstić information content (AvgIpc) is 3.01. The van der Waals surface area contributed by atoms with E-state index in [4.69, 9.17) is 0 Å². The first-order valence-electron chi connectivity index (χ1n) is 6.87. The second-order valence-corrected chi connectivity index (χ2v) is 5.16. The molecule has 0 fully saturated rings. The van der Waals surface area contributed by atoms with Crippen LogP contribution in [-0.2, 0) is 13.0 Å². The Hall–Kier alpha value is -1.68. The lowest BCUT2D eigenvalue weighted by atomic mass is 9.96. The molecule has 0 amide bonds. The first kappa shape index (κ1) is 12.4. The molecule has 1 aliphatic carbocycles. The van der Waals surface area contributed by atoms with Crippen molar-refractivity contribution in [3.63, 3.8) is 0 Å². The first-order valence-corrected chi connectivity index (χ1v) is 6.87. The van der Waals surface area contributed by atoms with Crippen LogP contribution in [0, 0.1) is 6.92 Å². The molecule has 19 heavy (non-hydrogen) atoms. The molecule has 2 aromatic rings. The number of hydrogen-bond acceptors (Lipinski definition) is 3. The Morgan fingerprint density at radius 1 is 1.53 bits per heavy atom. The fraction of sp³-hybridized carbons (Fsp3) is 0.467. The maximum Gasteiger partial charge on any atom is 0.104 e. The summed E-state index contributed by atoms with van der Waals surface area (Å²) in [6.07, 6.45) is 3.26. The van der Waals surface area contributed by atoms with E-state index in [0.717, 1.165) is 36.5 Å². The minimum absolute atomic E-state index is 0.0950. The molecule has 1 aliphatic rings. The van der Waals surface area contributed by atoms with Crippen molar-refractivity contribution in [2.24, 2.45) is 0 Å². The van der Waals surface area contributed by atoms with E-state index in [2.05, 4.69) is 16.1 Å². The lowest BCUT2D eigenvalue weighted by Gasteiger charge is -2.19. The highest BCUT2D eigenvalue weighted by molar-refractivity contribution is 5.31. The predicted molar refractivity (Wildman–Crippen MR) is 72.9 cm³/mol. The fourth-order valence-corrected chi connectivity index (χ4v) is 3.01. The Bertz CT molecular complexity index is 591. The molecular weight excluding hydrogens is 238 g/mol. The number of aromatic nitrogens is 3. The Kier molecular flexibility index (Phi) is 3.11. The van der Waals surface area contributed by atoms with Gasteiger partial charge in [-0.2, -0.15) is 5.10 Å². The lowest BCUT2D eigenvalue weighted by molar-refractivity contribution is 0.133. The van der Waals surface area contributed by atoms with Crippen LogP contribution in [0.1, 0.15) is 48.0 Å². The number of aliphatic hydroxyl groups excluding tert-OH is 1. The van der Waals surface area contributed by atoms with E-state index in [1.54, 1.807) is 0 Å². The van der Waals surface area contributed by atoms with Crippen LogP contribution in [0.15, 0.2) is 24.4 Å². The fourth-order valence-electron chi connectivity index (χ4n) is 3.01. The molecular formula is C15H19N3O. The minimum atomic E-state index is -0.516. The molecule has 0 radical (unpaired) electrons. The summed E-state index contributed by atoms with van der Waals surface area (Å²) in [6, 6.07) is 6.06. The van der Waals surface area contributed by atoms with Crippen molar-refractivity contribution in [2.75, 3.05) is 0 Å². The van der Waals surface area contributed by atoms with Gasteiger partial charge in [0.15, 0.2) is 0 Å². The number of nitrogens with zero attached hydrogens (tertiary/aromatic N) is 3. The Labute approximate surface area is 113 Å². The molecule has 0 saturated heterocycles. The van der Waals surface area contributed by atoms with Gasteiger partial charge in [-0.15, -0.1) is 0 Å². The summed E-state index contributed by atoms with van der Waals surface area (Å²) in [5.74, 6) is 0.0950. The van der Waals surface area contributed by atoms with Gasteiger partial charge in [0.25, 0.3) is 0 Å². The maximum absolute atomic E-state index is 10.7. The highest BCUT2D eigenvalue weighted by Gasteiger charge is 2.32. The van der Waals surface area contributed by atoms with Crippen molar-refractivity contribution in [3.8, 4) is 0 Å². The van der Waals surface area contributed by atoms with Crippen molar-refractivity contribution >= 4 is 0 Å².